The quantitative estimate of drug-likeness (QED) is 0.606. The molecule has 4 heteroatoms. The van der Waals surface area contributed by atoms with Crippen LogP contribution < -0.4 is 11.4 Å². The predicted octanol–water partition coefficient (Wildman–Crippen LogP) is 1.24. The molecule has 0 amide bonds. The number of carbonyl (C=O) groups excluding carboxylic acids is 1. The first-order valence-corrected chi connectivity index (χ1v) is 4.89. The summed E-state index contributed by atoms with van der Waals surface area (Å²) in [5.74, 6) is -0.405. The lowest BCUT2D eigenvalue weighted by molar-refractivity contribution is 0.0998. The van der Waals surface area contributed by atoms with Crippen molar-refractivity contribution < 1.29 is 9.21 Å². The van der Waals surface area contributed by atoms with Crippen molar-refractivity contribution in [3.05, 3.63) is 45.8 Å². The third-order valence-electron chi connectivity index (χ3n) is 2.37. The van der Waals surface area contributed by atoms with E-state index in [-0.39, 0.29) is 12.1 Å². The molecule has 82 valence electrons. The van der Waals surface area contributed by atoms with Crippen molar-refractivity contribution in [2.24, 2.45) is 5.73 Å². The molecule has 0 saturated carbocycles. The maximum absolute atomic E-state index is 11.5. The van der Waals surface area contributed by atoms with E-state index in [1.165, 1.54) is 6.07 Å². The van der Waals surface area contributed by atoms with E-state index in [0.717, 1.165) is 10.9 Å². The molecule has 1 aromatic heterocycles. The average Bonchev–Trinajstić information content (AvgIpc) is 2.28. The normalized spacial score (nSPS) is 10.6. The molecule has 2 aromatic rings. The van der Waals surface area contributed by atoms with Crippen LogP contribution in [-0.4, -0.2) is 12.3 Å². The van der Waals surface area contributed by atoms with E-state index in [4.69, 9.17) is 10.2 Å². The number of ketones is 1. The van der Waals surface area contributed by atoms with E-state index in [0.29, 0.717) is 5.58 Å². The van der Waals surface area contributed by atoms with Gasteiger partial charge < -0.3 is 10.2 Å². The molecule has 0 fully saturated rings. The van der Waals surface area contributed by atoms with Gasteiger partial charge in [0.1, 0.15) is 11.1 Å². The lowest BCUT2D eigenvalue weighted by Gasteiger charge is -2.00. The fraction of sp³-hybridized carbons (Fsp3) is 0.167. The average molecular weight is 217 g/mol. The van der Waals surface area contributed by atoms with E-state index in [1.54, 1.807) is 6.07 Å². The Morgan fingerprint density at radius 3 is 2.81 bits per heavy atom. The zero-order valence-electron chi connectivity index (χ0n) is 8.82. The molecule has 0 unspecified atom stereocenters. The van der Waals surface area contributed by atoms with E-state index in [2.05, 4.69) is 0 Å². The maximum Gasteiger partial charge on any atom is 0.347 e. The molecular weight excluding hydrogens is 206 g/mol. The van der Waals surface area contributed by atoms with Gasteiger partial charge in [-0.05, 0) is 25.1 Å². The van der Waals surface area contributed by atoms with E-state index in [9.17, 15) is 9.59 Å². The minimum Gasteiger partial charge on any atom is -0.422 e. The van der Waals surface area contributed by atoms with Crippen molar-refractivity contribution >= 4 is 16.8 Å². The molecule has 0 bridgehead atoms. The molecule has 4 nitrogen and oxygen atoms in total. The van der Waals surface area contributed by atoms with Crippen molar-refractivity contribution in [2.75, 3.05) is 6.54 Å². The van der Waals surface area contributed by atoms with Gasteiger partial charge in [0, 0.05) is 5.39 Å². The summed E-state index contributed by atoms with van der Waals surface area (Å²) in [7, 11) is 0. The third kappa shape index (κ3) is 1.75. The SMILES string of the molecule is Cc1ccc2oc(=O)c(C(=O)CN)cc2c1. The summed E-state index contributed by atoms with van der Waals surface area (Å²) < 4.78 is 5.04. The van der Waals surface area contributed by atoms with Crippen molar-refractivity contribution in [2.45, 2.75) is 6.92 Å². The third-order valence-corrected chi connectivity index (χ3v) is 2.37. The number of hydrogen-bond donors (Lipinski definition) is 1. The topological polar surface area (TPSA) is 73.3 Å². The number of Topliss-reactive ketones (excluding diaryl/α,β-unsaturated/α-hetero) is 1. The van der Waals surface area contributed by atoms with Crippen LogP contribution in [0.4, 0.5) is 0 Å². The summed E-state index contributed by atoms with van der Waals surface area (Å²) in [6.07, 6.45) is 0. The number of carbonyl (C=O) groups is 1. The number of aryl methyl sites for hydroxylation is 1. The van der Waals surface area contributed by atoms with Crippen LogP contribution in [0.1, 0.15) is 15.9 Å². The van der Waals surface area contributed by atoms with Crippen LogP contribution in [0, 0.1) is 6.92 Å². The minimum absolute atomic E-state index is 0.0144. The zero-order valence-corrected chi connectivity index (χ0v) is 8.82. The Kier molecular flexibility index (Phi) is 2.58. The van der Waals surface area contributed by atoms with Crippen molar-refractivity contribution in [1.29, 1.82) is 0 Å². The highest BCUT2D eigenvalue weighted by atomic mass is 16.4. The first-order valence-electron chi connectivity index (χ1n) is 4.89. The van der Waals surface area contributed by atoms with Crippen LogP contribution >= 0.6 is 0 Å². The molecule has 0 spiro atoms. The van der Waals surface area contributed by atoms with Crippen molar-refractivity contribution in [3.8, 4) is 0 Å². The first kappa shape index (κ1) is 10.6. The standard InChI is InChI=1S/C12H11NO3/c1-7-2-3-11-8(4-7)5-9(10(14)6-13)12(15)16-11/h2-5H,6,13H2,1H3. The van der Waals surface area contributed by atoms with Crippen LogP contribution in [0.2, 0.25) is 0 Å². The number of benzene rings is 1. The Labute approximate surface area is 91.7 Å². The molecule has 1 heterocycles. The lowest BCUT2D eigenvalue weighted by atomic mass is 10.1. The van der Waals surface area contributed by atoms with Gasteiger partial charge in [-0.1, -0.05) is 11.6 Å². The number of fused-ring (bicyclic) bond motifs is 1. The van der Waals surface area contributed by atoms with Gasteiger partial charge in [-0.15, -0.1) is 0 Å². The molecule has 2 rings (SSSR count). The zero-order chi connectivity index (χ0) is 11.7. The van der Waals surface area contributed by atoms with Gasteiger partial charge >= 0.3 is 5.63 Å². The molecule has 1 aromatic carbocycles. The van der Waals surface area contributed by atoms with Gasteiger partial charge in [0.2, 0.25) is 0 Å². The Balaban J connectivity index is 2.74. The summed E-state index contributed by atoms with van der Waals surface area (Å²) in [6, 6.07) is 6.94. The van der Waals surface area contributed by atoms with Crippen LogP contribution in [0.25, 0.3) is 11.0 Å². The smallest absolute Gasteiger partial charge is 0.347 e. The molecule has 16 heavy (non-hydrogen) atoms. The van der Waals surface area contributed by atoms with E-state index in [1.807, 2.05) is 19.1 Å². The Bertz CT molecular complexity index is 613. The molecule has 0 aliphatic carbocycles. The van der Waals surface area contributed by atoms with Gasteiger partial charge in [-0.25, -0.2) is 4.79 Å². The summed E-state index contributed by atoms with van der Waals surface area (Å²) in [4.78, 5) is 22.9. The van der Waals surface area contributed by atoms with Gasteiger partial charge in [-0.2, -0.15) is 0 Å². The van der Waals surface area contributed by atoms with Crippen LogP contribution in [-0.2, 0) is 0 Å². The molecule has 2 N–H and O–H groups in total. The summed E-state index contributed by atoms with van der Waals surface area (Å²) >= 11 is 0. The van der Waals surface area contributed by atoms with Gasteiger partial charge in [0.15, 0.2) is 5.78 Å². The highest BCUT2D eigenvalue weighted by Crippen LogP contribution is 2.15. The van der Waals surface area contributed by atoms with Crippen molar-refractivity contribution in [1.82, 2.24) is 0 Å². The Hall–Kier alpha value is -1.94. The number of nitrogens with two attached hydrogens (primary N) is 1. The Morgan fingerprint density at radius 2 is 2.12 bits per heavy atom. The second-order valence-electron chi connectivity index (χ2n) is 3.62. The van der Waals surface area contributed by atoms with Crippen LogP contribution in [0.5, 0.6) is 0 Å². The second-order valence-corrected chi connectivity index (χ2v) is 3.62. The highest BCUT2D eigenvalue weighted by Gasteiger charge is 2.11. The summed E-state index contributed by atoms with van der Waals surface area (Å²) in [5, 5.41) is 0.733. The number of rotatable bonds is 2. The highest BCUT2D eigenvalue weighted by molar-refractivity contribution is 5.99. The molecular formula is C12H11NO3. The first-order chi connectivity index (χ1) is 7.61. The summed E-state index contributed by atoms with van der Waals surface area (Å²) in [5.41, 5.74) is 6.11. The predicted molar refractivity (Wildman–Crippen MR) is 60.6 cm³/mol. The monoisotopic (exact) mass is 217 g/mol. The van der Waals surface area contributed by atoms with E-state index >= 15 is 0 Å². The van der Waals surface area contributed by atoms with E-state index < -0.39 is 11.4 Å². The molecule has 0 atom stereocenters. The molecule has 0 aliphatic rings. The fourth-order valence-electron chi connectivity index (χ4n) is 1.55. The maximum atomic E-state index is 11.5. The van der Waals surface area contributed by atoms with Gasteiger partial charge in [0.25, 0.3) is 0 Å². The minimum atomic E-state index is -0.633. The van der Waals surface area contributed by atoms with Crippen LogP contribution in [0.3, 0.4) is 0 Å². The molecule has 0 radical (unpaired) electrons. The summed E-state index contributed by atoms with van der Waals surface area (Å²) in [6.45, 7) is 1.73. The van der Waals surface area contributed by atoms with Gasteiger partial charge in [0.05, 0.1) is 6.54 Å². The van der Waals surface area contributed by atoms with Crippen molar-refractivity contribution in [3.63, 3.8) is 0 Å². The van der Waals surface area contributed by atoms with Gasteiger partial charge in [-0.3, -0.25) is 4.79 Å². The molecule has 0 saturated heterocycles. The second kappa shape index (κ2) is 3.90. The number of hydrogen-bond acceptors (Lipinski definition) is 4. The Morgan fingerprint density at radius 1 is 1.38 bits per heavy atom. The lowest BCUT2D eigenvalue weighted by Crippen LogP contribution is -2.21. The fourth-order valence-corrected chi connectivity index (χ4v) is 1.55. The molecule has 0 aliphatic heterocycles. The van der Waals surface area contributed by atoms with Crippen LogP contribution in [0.15, 0.2) is 33.5 Å². The largest absolute Gasteiger partial charge is 0.422 e.